The van der Waals surface area contributed by atoms with Crippen LogP contribution in [0, 0.1) is 17.7 Å². The number of aliphatic hydroxyl groups excluding tert-OH is 2. The highest BCUT2D eigenvalue weighted by Gasteiger charge is 2.60. The van der Waals surface area contributed by atoms with Gasteiger partial charge in [0.2, 0.25) is 11.7 Å². The average Bonchev–Trinajstić information content (AvgIpc) is 2.84. The second-order valence-corrected chi connectivity index (χ2v) is 9.95. The number of ketones is 2. The monoisotopic (exact) mass is 531 g/mol. The van der Waals surface area contributed by atoms with E-state index in [1.54, 1.807) is 0 Å². The first-order valence-corrected chi connectivity index (χ1v) is 12.5. The molecular formula is C26H30FN3O8. The number of benzene rings is 1. The third-order valence-electron chi connectivity index (χ3n) is 7.53. The summed E-state index contributed by atoms with van der Waals surface area (Å²) in [4.78, 5) is 49.9. The number of nitrogens with one attached hydrogen (secondary N) is 2. The zero-order chi connectivity index (χ0) is 27.9. The summed E-state index contributed by atoms with van der Waals surface area (Å²) >= 11 is 0. The van der Waals surface area contributed by atoms with Crippen LogP contribution in [0.1, 0.15) is 50.2 Å². The average molecular weight is 532 g/mol. The number of carbonyl (C=O) groups excluding carboxylic acids is 4. The van der Waals surface area contributed by atoms with Gasteiger partial charge in [0.25, 0.3) is 5.91 Å². The van der Waals surface area contributed by atoms with Crippen molar-refractivity contribution in [3.8, 4) is 5.75 Å². The number of hydrogen-bond acceptors (Lipinski definition) is 9. The van der Waals surface area contributed by atoms with Crippen LogP contribution in [0.3, 0.4) is 0 Å². The van der Waals surface area contributed by atoms with Crippen molar-refractivity contribution in [2.45, 2.75) is 51.0 Å². The van der Waals surface area contributed by atoms with E-state index in [0.717, 1.165) is 25.3 Å². The van der Waals surface area contributed by atoms with Gasteiger partial charge in [0.1, 0.15) is 22.9 Å². The minimum absolute atomic E-state index is 0.101. The lowest BCUT2D eigenvalue weighted by Gasteiger charge is -2.46. The molecule has 3 aliphatic rings. The van der Waals surface area contributed by atoms with Crippen LogP contribution in [0.4, 0.5) is 10.1 Å². The number of primary amides is 1. The van der Waals surface area contributed by atoms with E-state index in [-0.39, 0.29) is 30.6 Å². The van der Waals surface area contributed by atoms with Crippen LogP contribution < -0.4 is 16.4 Å². The van der Waals surface area contributed by atoms with Gasteiger partial charge in [0, 0.05) is 29.5 Å². The van der Waals surface area contributed by atoms with Crippen molar-refractivity contribution in [2.24, 2.45) is 17.6 Å². The normalized spacial score (nSPS) is 24.6. The van der Waals surface area contributed by atoms with E-state index in [4.69, 9.17) is 5.73 Å². The Labute approximate surface area is 217 Å². The molecule has 8 N–H and O–H groups in total. The number of phenols is 1. The van der Waals surface area contributed by atoms with Gasteiger partial charge in [-0.15, -0.1) is 0 Å². The molecular weight excluding hydrogens is 501 g/mol. The minimum Gasteiger partial charge on any atom is -0.508 e. The number of phenolic OH excluding ortho intramolecular Hbond substituents is 1. The van der Waals surface area contributed by atoms with Gasteiger partial charge >= 0.3 is 0 Å². The highest BCUT2D eigenvalue weighted by molar-refractivity contribution is 6.22. The highest BCUT2D eigenvalue weighted by atomic mass is 19.1. The molecule has 3 atom stereocenters. The maximum absolute atomic E-state index is 15.2. The van der Waals surface area contributed by atoms with Gasteiger partial charge in [0.15, 0.2) is 17.1 Å². The van der Waals surface area contributed by atoms with Crippen LogP contribution in [-0.2, 0) is 25.6 Å². The lowest BCUT2D eigenvalue weighted by atomic mass is 9.59. The van der Waals surface area contributed by atoms with E-state index in [0.29, 0.717) is 6.54 Å². The smallest absolute Gasteiger partial charge is 0.255 e. The molecule has 0 aliphatic heterocycles. The molecule has 38 heavy (non-hydrogen) atoms. The molecule has 4 rings (SSSR count). The number of carbonyl (C=O) groups is 4. The number of fused-ring (bicyclic) bond motifs is 3. The SMILES string of the molecule is CCCCCNCC(=O)Nc1cc(F)c2c(c1O)C(O)=C1C(=O)[C@]3(O)C(O)=C(C(N)=O)C(=O)C[C@@H]3CC1C2. The van der Waals surface area contributed by atoms with Crippen molar-refractivity contribution in [1.82, 2.24) is 5.32 Å². The Kier molecular flexibility index (Phi) is 7.31. The number of halogens is 1. The predicted octanol–water partition coefficient (Wildman–Crippen LogP) is 1.28. The van der Waals surface area contributed by atoms with Gasteiger partial charge in [0.05, 0.1) is 17.8 Å². The van der Waals surface area contributed by atoms with Gasteiger partial charge in [-0.3, -0.25) is 19.2 Å². The summed E-state index contributed by atoms with van der Waals surface area (Å²) in [6.45, 7) is 2.54. The van der Waals surface area contributed by atoms with Gasteiger partial charge in [-0.2, -0.15) is 0 Å². The quantitative estimate of drug-likeness (QED) is 0.147. The molecule has 11 nitrogen and oxygen atoms in total. The van der Waals surface area contributed by atoms with Crippen molar-refractivity contribution in [3.05, 3.63) is 39.9 Å². The standard InChI is InChI=1S/C26H30FN3O8/c1-2-3-4-5-29-10-17(32)30-15-9-14(27)13-7-11-6-12-8-16(31)20(25(28)37)24(36)26(12,38)23(35)18(11)22(34)19(13)21(15)33/h9,11-12,29,33-34,36,38H,2-8,10H2,1H3,(H2,28,37)(H,30,32)/t11?,12-,26-/m0/s1. The molecule has 0 bridgehead atoms. The number of hydrogen-bond donors (Lipinski definition) is 7. The minimum atomic E-state index is -2.71. The van der Waals surface area contributed by atoms with Gasteiger partial charge in [-0.05, 0) is 31.7 Å². The number of rotatable bonds is 8. The van der Waals surface area contributed by atoms with Gasteiger partial charge in [-0.25, -0.2) is 4.39 Å². The first-order valence-electron chi connectivity index (χ1n) is 12.5. The molecule has 3 aliphatic carbocycles. The summed E-state index contributed by atoms with van der Waals surface area (Å²) < 4.78 is 15.2. The summed E-state index contributed by atoms with van der Waals surface area (Å²) in [5.41, 5.74) is 0.309. The molecule has 0 heterocycles. The molecule has 1 aromatic carbocycles. The molecule has 1 saturated carbocycles. The fraction of sp³-hybridized carbons (Fsp3) is 0.462. The molecule has 0 spiro atoms. The van der Waals surface area contributed by atoms with Crippen LogP contribution in [0.15, 0.2) is 23.0 Å². The first kappa shape index (κ1) is 27.3. The molecule has 0 saturated heterocycles. The third-order valence-corrected chi connectivity index (χ3v) is 7.53. The van der Waals surface area contributed by atoms with Crippen molar-refractivity contribution >= 4 is 34.8 Å². The van der Waals surface area contributed by atoms with Crippen LogP contribution >= 0.6 is 0 Å². The molecule has 204 valence electrons. The van der Waals surface area contributed by atoms with E-state index < -0.39 is 87.0 Å². The second-order valence-electron chi connectivity index (χ2n) is 9.95. The maximum atomic E-state index is 15.2. The van der Waals surface area contributed by atoms with E-state index in [9.17, 15) is 39.6 Å². The zero-order valence-electron chi connectivity index (χ0n) is 20.8. The number of amides is 2. The van der Waals surface area contributed by atoms with Crippen molar-refractivity contribution in [1.29, 1.82) is 0 Å². The topological polar surface area (TPSA) is 199 Å². The van der Waals surface area contributed by atoms with Crippen LogP contribution in [-0.4, -0.2) is 62.5 Å². The van der Waals surface area contributed by atoms with Crippen LogP contribution in [0.2, 0.25) is 0 Å². The van der Waals surface area contributed by atoms with Gasteiger partial charge < -0.3 is 36.8 Å². The summed E-state index contributed by atoms with van der Waals surface area (Å²) in [6, 6.07) is 0.917. The first-order chi connectivity index (χ1) is 17.9. The van der Waals surface area contributed by atoms with E-state index in [1.165, 1.54) is 0 Å². The summed E-state index contributed by atoms with van der Waals surface area (Å²) in [6.07, 6.45) is 2.13. The summed E-state index contributed by atoms with van der Waals surface area (Å²) in [5, 5.41) is 49.1. The third kappa shape index (κ3) is 4.33. The van der Waals surface area contributed by atoms with Crippen LogP contribution in [0.5, 0.6) is 5.75 Å². The molecule has 2 amide bonds. The lowest BCUT2D eigenvalue weighted by Crippen LogP contribution is -2.58. The van der Waals surface area contributed by atoms with Crippen molar-refractivity contribution in [3.63, 3.8) is 0 Å². The number of unbranched alkanes of at least 4 members (excludes halogenated alkanes) is 2. The number of nitrogens with two attached hydrogens (primary N) is 1. The van der Waals surface area contributed by atoms with Crippen LogP contribution in [0.25, 0.3) is 5.76 Å². The largest absolute Gasteiger partial charge is 0.508 e. The molecule has 1 aromatic rings. The van der Waals surface area contributed by atoms with E-state index >= 15 is 4.39 Å². The van der Waals surface area contributed by atoms with Crippen molar-refractivity contribution < 1.29 is 44.0 Å². The Bertz CT molecular complexity index is 1300. The zero-order valence-corrected chi connectivity index (χ0v) is 20.8. The van der Waals surface area contributed by atoms with Crippen molar-refractivity contribution in [2.75, 3.05) is 18.4 Å². The van der Waals surface area contributed by atoms with E-state index in [2.05, 4.69) is 10.6 Å². The molecule has 12 heteroatoms. The highest BCUT2D eigenvalue weighted by Crippen LogP contribution is 2.53. The molecule has 0 aromatic heterocycles. The molecule has 0 radical (unpaired) electrons. The fourth-order valence-corrected chi connectivity index (χ4v) is 5.64. The van der Waals surface area contributed by atoms with E-state index in [1.807, 2.05) is 6.92 Å². The Hall–Kier alpha value is -3.77. The lowest BCUT2D eigenvalue weighted by molar-refractivity contribution is -0.147. The summed E-state index contributed by atoms with van der Waals surface area (Å²) in [7, 11) is 0. The fourth-order valence-electron chi connectivity index (χ4n) is 5.64. The maximum Gasteiger partial charge on any atom is 0.255 e. The number of aliphatic hydroxyl groups is 3. The van der Waals surface area contributed by atoms with Gasteiger partial charge in [-0.1, -0.05) is 19.8 Å². The summed E-state index contributed by atoms with van der Waals surface area (Å²) in [5.74, 6) is -9.45. The number of aromatic hydroxyl groups is 1. The Morgan fingerprint density at radius 1 is 1.18 bits per heavy atom. The number of anilines is 1. The predicted molar refractivity (Wildman–Crippen MR) is 132 cm³/mol. The Balaban J connectivity index is 1.70. The Morgan fingerprint density at radius 3 is 2.55 bits per heavy atom. The molecule has 1 unspecified atom stereocenters. The number of Topliss-reactive ketones (excluding diaryl/α,β-unsaturated/α-hetero) is 2. The second kappa shape index (κ2) is 10.2. The Morgan fingerprint density at radius 2 is 1.89 bits per heavy atom. The molecule has 1 fully saturated rings.